The lowest BCUT2D eigenvalue weighted by Gasteiger charge is -2.15. The van der Waals surface area contributed by atoms with Crippen LogP contribution >= 0.6 is 15.9 Å². The number of carbonyl (C=O) groups is 1. The summed E-state index contributed by atoms with van der Waals surface area (Å²) in [7, 11) is 0. The van der Waals surface area contributed by atoms with E-state index in [9.17, 15) is 9.90 Å². The van der Waals surface area contributed by atoms with Crippen molar-refractivity contribution in [2.45, 2.75) is 32.3 Å². The minimum absolute atomic E-state index is 0.0651. The van der Waals surface area contributed by atoms with E-state index in [4.69, 9.17) is 0 Å². The monoisotopic (exact) mass is 311 g/mol. The van der Waals surface area contributed by atoms with Gasteiger partial charge in [-0.1, -0.05) is 22.4 Å². The number of aliphatic hydroxyl groups excluding tert-OH is 1. The molecule has 2 atom stereocenters. The first-order chi connectivity index (χ1) is 8.58. The second-order valence-electron chi connectivity index (χ2n) is 4.93. The highest BCUT2D eigenvalue weighted by Gasteiger charge is 2.25. The number of aliphatic hydroxyl groups is 1. The fourth-order valence-electron chi connectivity index (χ4n) is 2.37. The van der Waals surface area contributed by atoms with Crippen molar-refractivity contribution in [3.05, 3.63) is 33.8 Å². The van der Waals surface area contributed by atoms with Gasteiger partial charge in [0, 0.05) is 22.5 Å². The number of amides is 1. The first-order valence-electron chi connectivity index (χ1n) is 6.30. The summed E-state index contributed by atoms with van der Waals surface area (Å²) in [6, 6.07) is 5.55. The minimum atomic E-state index is -0.253. The van der Waals surface area contributed by atoms with Crippen LogP contribution < -0.4 is 5.32 Å². The molecule has 18 heavy (non-hydrogen) atoms. The minimum Gasteiger partial charge on any atom is -0.393 e. The molecule has 1 aliphatic rings. The van der Waals surface area contributed by atoms with E-state index < -0.39 is 0 Å². The molecule has 1 aliphatic carbocycles. The molecule has 0 aliphatic heterocycles. The van der Waals surface area contributed by atoms with E-state index in [1.165, 1.54) is 0 Å². The Morgan fingerprint density at radius 1 is 1.50 bits per heavy atom. The number of nitrogens with one attached hydrogen (secondary N) is 1. The summed E-state index contributed by atoms with van der Waals surface area (Å²) in [6.07, 6.45) is 2.66. The van der Waals surface area contributed by atoms with Gasteiger partial charge in [0.15, 0.2) is 0 Å². The highest BCUT2D eigenvalue weighted by Crippen LogP contribution is 2.24. The molecule has 1 fully saturated rings. The molecule has 98 valence electrons. The van der Waals surface area contributed by atoms with E-state index in [-0.39, 0.29) is 17.9 Å². The van der Waals surface area contributed by atoms with Crippen molar-refractivity contribution >= 4 is 21.8 Å². The molecule has 2 rings (SSSR count). The highest BCUT2D eigenvalue weighted by molar-refractivity contribution is 9.10. The molecular weight excluding hydrogens is 294 g/mol. The lowest BCUT2D eigenvalue weighted by molar-refractivity contribution is 0.0916. The summed E-state index contributed by atoms with van der Waals surface area (Å²) in [5.74, 6) is 0.148. The highest BCUT2D eigenvalue weighted by atomic mass is 79.9. The van der Waals surface area contributed by atoms with E-state index in [1.54, 1.807) is 6.07 Å². The van der Waals surface area contributed by atoms with E-state index in [0.717, 1.165) is 29.3 Å². The van der Waals surface area contributed by atoms with E-state index in [1.807, 2.05) is 19.1 Å². The van der Waals surface area contributed by atoms with E-state index >= 15 is 0 Å². The Kier molecular flexibility index (Phi) is 4.40. The van der Waals surface area contributed by atoms with Crippen LogP contribution in [0.25, 0.3) is 0 Å². The standard InChI is InChI=1S/C14H18BrNO2/c1-9-7-10(5-6-12(9)15)14(18)16-8-11-3-2-4-13(11)17/h5-7,11,13,17H,2-4,8H2,1H3,(H,16,18). The number of benzene rings is 1. The predicted octanol–water partition coefficient (Wildman–Crippen LogP) is 2.65. The molecule has 0 heterocycles. The summed E-state index contributed by atoms with van der Waals surface area (Å²) in [4.78, 5) is 12.0. The maximum atomic E-state index is 12.0. The van der Waals surface area contributed by atoms with Gasteiger partial charge in [0.05, 0.1) is 6.10 Å². The average molecular weight is 312 g/mol. The van der Waals surface area contributed by atoms with Crippen LogP contribution in [0.4, 0.5) is 0 Å². The zero-order valence-electron chi connectivity index (χ0n) is 10.4. The summed E-state index contributed by atoms with van der Waals surface area (Å²) in [6.45, 7) is 2.52. The van der Waals surface area contributed by atoms with E-state index in [0.29, 0.717) is 12.1 Å². The third kappa shape index (κ3) is 3.12. The molecule has 3 nitrogen and oxygen atoms in total. The number of halogens is 1. The Balaban J connectivity index is 1.93. The first kappa shape index (κ1) is 13.6. The smallest absolute Gasteiger partial charge is 0.251 e. The van der Waals surface area contributed by atoms with Gasteiger partial charge in [-0.2, -0.15) is 0 Å². The Morgan fingerprint density at radius 2 is 2.28 bits per heavy atom. The van der Waals surface area contributed by atoms with E-state index in [2.05, 4.69) is 21.2 Å². The average Bonchev–Trinajstić information content (AvgIpc) is 2.75. The molecule has 2 unspecified atom stereocenters. The number of hydrogen-bond donors (Lipinski definition) is 2. The Bertz CT molecular complexity index is 447. The molecule has 1 saturated carbocycles. The van der Waals surface area contributed by atoms with Gasteiger partial charge in [0.1, 0.15) is 0 Å². The lowest BCUT2D eigenvalue weighted by Crippen LogP contribution is -2.32. The molecule has 0 saturated heterocycles. The molecule has 4 heteroatoms. The van der Waals surface area contributed by atoms with Crippen LogP contribution in [-0.4, -0.2) is 23.7 Å². The number of aryl methyl sites for hydroxylation is 1. The van der Waals surface area contributed by atoms with Gasteiger partial charge in [-0.05, 0) is 43.5 Å². The van der Waals surface area contributed by atoms with Crippen LogP contribution in [0.1, 0.15) is 35.2 Å². The van der Waals surface area contributed by atoms with Crippen LogP contribution in [0.2, 0.25) is 0 Å². The van der Waals surface area contributed by atoms with Crippen molar-refractivity contribution in [1.82, 2.24) is 5.32 Å². The topological polar surface area (TPSA) is 49.3 Å². The largest absolute Gasteiger partial charge is 0.393 e. The van der Waals surface area contributed by atoms with Crippen molar-refractivity contribution in [3.63, 3.8) is 0 Å². The molecule has 1 amide bonds. The van der Waals surface area contributed by atoms with Crippen LogP contribution in [0.3, 0.4) is 0 Å². The normalized spacial score (nSPS) is 23.1. The molecule has 1 aromatic carbocycles. The predicted molar refractivity (Wildman–Crippen MR) is 74.6 cm³/mol. The molecule has 1 aromatic rings. The van der Waals surface area contributed by atoms with Gasteiger partial charge in [-0.25, -0.2) is 0 Å². The maximum Gasteiger partial charge on any atom is 0.251 e. The Morgan fingerprint density at radius 3 is 2.89 bits per heavy atom. The Hall–Kier alpha value is -0.870. The summed E-state index contributed by atoms with van der Waals surface area (Å²) < 4.78 is 1.00. The molecule has 0 radical (unpaired) electrons. The van der Waals surface area contributed by atoms with Gasteiger partial charge < -0.3 is 10.4 Å². The van der Waals surface area contributed by atoms with Gasteiger partial charge in [0.25, 0.3) is 5.91 Å². The second-order valence-corrected chi connectivity index (χ2v) is 5.79. The lowest BCUT2D eigenvalue weighted by atomic mass is 10.1. The van der Waals surface area contributed by atoms with Gasteiger partial charge in [-0.15, -0.1) is 0 Å². The SMILES string of the molecule is Cc1cc(C(=O)NCC2CCCC2O)ccc1Br. The van der Waals surface area contributed by atoms with Gasteiger partial charge in [-0.3, -0.25) is 4.79 Å². The third-order valence-corrected chi connectivity index (χ3v) is 4.45. The quantitative estimate of drug-likeness (QED) is 0.901. The molecule has 0 bridgehead atoms. The maximum absolute atomic E-state index is 12.0. The van der Waals surface area contributed by atoms with Gasteiger partial charge >= 0.3 is 0 Å². The molecular formula is C14H18BrNO2. The zero-order chi connectivity index (χ0) is 13.1. The first-order valence-corrected chi connectivity index (χ1v) is 7.09. The molecule has 2 N–H and O–H groups in total. The van der Waals surface area contributed by atoms with Crippen molar-refractivity contribution < 1.29 is 9.90 Å². The third-order valence-electron chi connectivity index (χ3n) is 3.56. The molecule has 0 aromatic heterocycles. The summed E-state index contributed by atoms with van der Waals surface area (Å²) >= 11 is 3.41. The summed E-state index contributed by atoms with van der Waals surface area (Å²) in [5.41, 5.74) is 1.71. The van der Waals surface area contributed by atoms with Crippen LogP contribution in [0.5, 0.6) is 0 Å². The number of carbonyl (C=O) groups excluding carboxylic acids is 1. The van der Waals surface area contributed by atoms with Crippen LogP contribution in [-0.2, 0) is 0 Å². The Labute approximate surface area is 116 Å². The van der Waals surface area contributed by atoms with Gasteiger partial charge in [0.2, 0.25) is 0 Å². The fourth-order valence-corrected chi connectivity index (χ4v) is 2.61. The summed E-state index contributed by atoms with van der Waals surface area (Å²) in [5, 5.41) is 12.6. The van der Waals surface area contributed by atoms with Crippen LogP contribution in [0.15, 0.2) is 22.7 Å². The van der Waals surface area contributed by atoms with Crippen molar-refractivity contribution in [2.24, 2.45) is 5.92 Å². The fraction of sp³-hybridized carbons (Fsp3) is 0.500. The van der Waals surface area contributed by atoms with Crippen LogP contribution in [0, 0.1) is 12.8 Å². The molecule has 0 spiro atoms. The van der Waals surface area contributed by atoms with Crippen molar-refractivity contribution in [3.8, 4) is 0 Å². The number of rotatable bonds is 3. The zero-order valence-corrected chi connectivity index (χ0v) is 12.0. The van der Waals surface area contributed by atoms with Crippen molar-refractivity contribution in [2.75, 3.05) is 6.54 Å². The second kappa shape index (κ2) is 5.85. The van der Waals surface area contributed by atoms with Crippen molar-refractivity contribution in [1.29, 1.82) is 0 Å². The number of hydrogen-bond acceptors (Lipinski definition) is 2.